The highest BCUT2D eigenvalue weighted by atomic mass is 32.1. The average Bonchev–Trinajstić information content (AvgIpc) is 3.33. The van der Waals surface area contributed by atoms with Gasteiger partial charge in [-0.15, -0.1) is 0 Å². The van der Waals surface area contributed by atoms with E-state index in [0.29, 0.717) is 24.6 Å². The van der Waals surface area contributed by atoms with Crippen molar-refractivity contribution in [2.24, 2.45) is 5.92 Å². The molecule has 0 heterocycles. The van der Waals surface area contributed by atoms with Crippen molar-refractivity contribution in [3.63, 3.8) is 0 Å². The third kappa shape index (κ3) is 5.16. The van der Waals surface area contributed by atoms with E-state index >= 15 is 0 Å². The van der Waals surface area contributed by atoms with Crippen molar-refractivity contribution in [1.82, 2.24) is 10.2 Å². The molecule has 0 saturated heterocycles. The highest BCUT2D eigenvalue weighted by molar-refractivity contribution is 7.80. The number of nitriles is 1. The van der Waals surface area contributed by atoms with E-state index < -0.39 is 0 Å². The maximum Gasteiger partial charge on any atom is 0.229 e. The minimum atomic E-state index is 0.0154. The lowest BCUT2D eigenvalue weighted by atomic mass is 10.1. The molecule has 0 spiro atoms. The molecule has 1 fully saturated rings. The van der Waals surface area contributed by atoms with Gasteiger partial charge >= 0.3 is 0 Å². The zero-order valence-corrected chi connectivity index (χ0v) is 12.7. The van der Waals surface area contributed by atoms with Crippen LogP contribution in [-0.2, 0) is 11.2 Å². The molecule has 1 aromatic rings. The van der Waals surface area contributed by atoms with E-state index in [1.807, 2.05) is 23.1 Å². The zero-order chi connectivity index (χ0) is 15.1. The first-order valence-electron chi connectivity index (χ1n) is 7.21. The highest BCUT2D eigenvalue weighted by Gasteiger charge is 2.30. The Morgan fingerprint density at radius 3 is 2.67 bits per heavy atom. The third-order valence-electron chi connectivity index (χ3n) is 3.47. The molecule has 0 bridgehead atoms. The van der Waals surface area contributed by atoms with Crippen LogP contribution in [0.1, 0.15) is 24.8 Å². The van der Waals surface area contributed by atoms with Gasteiger partial charge in [-0.1, -0.05) is 30.3 Å². The summed E-state index contributed by atoms with van der Waals surface area (Å²) in [6.45, 7) is 1.25. The van der Waals surface area contributed by atoms with Crippen LogP contribution in [0, 0.1) is 17.2 Å². The summed E-state index contributed by atoms with van der Waals surface area (Å²) in [5.41, 5.74) is 1.22. The van der Waals surface area contributed by atoms with E-state index in [2.05, 4.69) is 23.5 Å². The van der Waals surface area contributed by atoms with Gasteiger partial charge in [-0.25, -0.2) is 0 Å². The Morgan fingerprint density at radius 2 is 2.05 bits per heavy atom. The van der Waals surface area contributed by atoms with Crippen molar-refractivity contribution in [1.29, 1.82) is 5.26 Å². The Hall–Kier alpha value is -1.93. The van der Waals surface area contributed by atoms with E-state index in [1.54, 1.807) is 0 Å². The first-order chi connectivity index (χ1) is 10.2. The predicted octanol–water partition coefficient (Wildman–Crippen LogP) is 2.26. The van der Waals surface area contributed by atoms with Gasteiger partial charge in [0, 0.05) is 19.0 Å². The van der Waals surface area contributed by atoms with Crippen molar-refractivity contribution in [3.8, 4) is 6.07 Å². The van der Waals surface area contributed by atoms with E-state index in [1.165, 1.54) is 5.56 Å². The summed E-state index contributed by atoms with van der Waals surface area (Å²) < 4.78 is 0. The lowest BCUT2D eigenvalue weighted by Gasteiger charge is -2.24. The van der Waals surface area contributed by atoms with Gasteiger partial charge in [-0.05, 0) is 37.0 Å². The SMILES string of the molecule is N#CCCN(CCc1ccccc1)C(=S)NC(=O)C1CC1. The maximum absolute atomic E-state index is 11.8. The van der Waals surface area contributed by atoms with Crippen molar-refractivity contribution >= 4 is 23.2 Å². The van der Waals surface area contributed by atoms with Crippen LogP contribution in [0.25, 0.3) is 0 Å². The van der Waals surface area contributed by atoms with Crippen LogP contribution in [0.5, 0.6) is 0 Å². The fraction of sp³-hybridized carbons (Fsp3) is 0.438. The molecule has 21 heavy (non-hydrogen) atoms. The molecule has 0 aromatic heterocycles. The molecular weight excluding hydrogens is 282 g/mol. The van der Waals surface area contributed by atoms with E-state index in [4.69, 9.17) is 17.5 Å². The van der Waals surface area contributed by atoms with Crippen LogP contribution in [0.3, 0.4) is 0 Å². The van der Waals surface area contributed by atoms with Crippen LogP contribution in [-0.4, -0.2) is 29.0 Å². The largest absolute Gasteiger partial charge is 0.348 e. The molecule has 0 radical (unpaired) electrons. The molecule has 1 amide bonds. The second kappa shape index (κ2) is 7.75. The second-order valence-electron chi connectivity index (χ2n) is 5.20. The standard InChI is InChI=1S/C16H19N3OS/c17-10-4-11-19(12-9-13-5-2-1-3-6-13)16(21)18-15(20)14-7-8-14/h1-3,5-6,14H,4,7-9,11-12H2,(H,18,20,21). The van der Waals surface area contributed by atoms with E-state index in [9.17, 15) is 4.79 Å². The Morgan fingerprint density at radius 1 is 1.33 bits per heavy atom. The molecule has 1 saturated carbocycles. The summed E-state index contributed by atoms with van der Waals surface area (Å²) in [6.07, 6.45) is 3.15. The van der Waals surface area contributed by atoms with Gasteiger partial charge in [-0.2, -0.15) is 5.26 Å². The highest BCUT2D eigenvalue weighted by Crippen LogP contribution is 2.28. The van der Waals surface area contributed by atoms with Crippen LogP contribution < -0.4 is 5.32 Å². The molecule has 1 N–H and O–H groups in total. The number of thiocarbonyl (C=S) groups is 1. The quantitative estimate of drug-likeness (QED) is 0.819. The molecular formula is C16H19N3OS. The van der Waals surface area contributed by atoms with Gasteiger partial charge in [0.1, 0.15) is 0 Å². The van der Waals surface area contributed by atoms with Crippen LogP contribution in [0.4, 0.5) is 0 Å². The van der Waals surface area contributed by atoms with Gasteiger partial charge in [0.15, 0.2) is 5.11 Å². The molecule has 1 aliphatic rings. The Bertz CT molecular complexity index is 534. The van der Waals surface area contributed by atoms with Gasteiger partial charge in [-0.3, -0.25) is 4.79 Å². The van der Waals surface area contributed by atoms with Crippen molar-refractivity contribution in [2.75, 3.05) is 13.1 Å². The summed E-state index contributed by atoms with van der Waals surface area (Å²) in [4.78, 5) is 13.7. The van der Waals surface area contributed by atoms with E-state index in [0.717, 1.165) is 19.3 Å². The van der Waals surface area contributed by atoms with Crippen LogP contribution in [0.2, 0.25) is 0 Å². The van der Waals surface area contributed by atoms with Crippen LogP contribution in [0.15, 0.2) is 30.3 Å². The second-order valence-corrected chi connectivity index (χ2v) is 5.59. The average molecular weight is 301 g/mol. The minimum Gasteiger partial charge on any atom is -0.348 e. The number of rotatable bonds is 6. The number of nitrogens with zero attached hydrogens (tertiary/aromatic N) is 2. The molecule has 0 aliphatic heterocycles. The minimum absolute atomic E-state index is 0.0154. The lowest BCUT2D eigenvalue weighted by molar-refractivity contribution is -0.120. The molecule has 110 valence electrons. The van der Waals surface area contributed by atoms with Gasteiger partial charge in [0.05, 0.1) is 12.5 Å². The monoisotopic (exact) mass is 301 g/mol. The van der Waals surface area contributed by atoms with Gasteiger partial charge in [0.25, 0.3) is 0 Å². The topological polar surface area (TPSA) is 56.1 Å². The Balaban J connectivity index is 1.88. The zero-order valence-electron chi connectivity index (χ0n) is 11.9. The first kappa shape index (κ1) is 15.5. The molecule has 2 rings (SSSR count). The summed E-state index contributed by atoms with van der Waals surface area (Å²) in [5.74, 6) is 0.150. The molecule has 0 atom stereocenters. The smallest absolute Gasteiger partial charge is 0.229 e. The number of amides is 1. The summed E-state index contributed by atoms with van der Waals surface area (Å²) >= 11 is 5.31. The van der Waals surface area contributed by atoms with Crippen molar-refractivity contribution in [3.05, 3.63) is 35.9 Å². The summed E-state index contributed by atoms with van der Waals surface area (Å²) in [5, 5.41) is 12.0. The number of hydrogen-bond acceptors (Lipinski definition) is 3. The molecule has 5 heteroatoms. The van der Waals surface area contributed by atoms with Gasteiger partial charge in [0.2, 0.25) is 5.91 Å². The number of carbonyl (C=O) groups is 1. The molecule has 1 aliphatic carbocycles. The van der Waals surface area contributed by atoms with Gasteiger partial charge < -0.3 is 10.2 Å². The van der Waals surface area contributed by atoms with E-state index in [-0.39, 0.29) is 11.8 Å². The lowest BCUT2D eigenvalue weighted by Crippen LogP contribution is -2.44. The van der Waals surface area contributed by atoms with Crippen LogP contribution >= 0.6 is 12.2 Å². The fourth-order valence-electron chi connectivity index (χ4n) is 2.04. The number of hydrogen-bond donors (Lipinski definition) is 1. The van der Waals surface area contributed by atoms with Crippen molar-refractivity contribution in [2.45, 2.75) is 25.7 Å². The number of nitrogens with one attached hydrogen (secondary N) is 1. The molecule has 1 aromatic carbocycles. The summed E-state index contributed by atoms with van der Waals surface area (Å²) in [7, 11) is 0. The molecule has 4 nitrogen and oxygen atoms in total. The predicted molar refractivity (Wildman–Crippen MR) is 85.4 cm³/mol. The molecule has 0 unspecified atom stereocenters. The normalized spacial score (nSPS) is 13.3. The first-order valence-corrected chi connectivity index (χ1v) is 7.62. The Kier molecular flexibility index (Phi) is 5.70. The number of benzene rings is 1. The summed E-state index contributed by atoms with van der Waals surface area (Å²) in [6, 6.07) is 12.2. The number of carbonyl (C=O) groups excluding carboxylic acids is 1. The Labute approximate surface area is 130 Å². The third-order valence-corrected chi connectivity index (χ3v) is 3.83. The van der Waals surface area contributed by atoms with Crippen molar-refractivity contribution < 1.29 is 4.79 Å². The maximum atomic E-state index is 11.8. The fourth-order valence-corrected chi connectivity index (χ4v) is 2.32.